The van der Waals surface area contributed by atoms with Crippen molar-refractivity contribution >= 4 is 22.9 Å². The number of benzene rings is 1. The van der Waals surface area contributed by atoms with E-state index in [4.69, 9.17) is 4.74 Å². The van der Waals surface area contributed by atoms with E-state index in [2.05, 4.69) is 45.6 Å². The van der Waals surface area contributed by atoms with Crippen molar-refractivity contribution in [3.63, 3.8) is 0 Å². The zero-order valence-electron chi connectivity index (χ0n) is 13.6. The number of hydrogen-bond acceptors (Lipinski definition) is 4. The minimum absolute atomic E-state index is 0.694. The lowest BCUT2D eigenvalue weighted by molar-refractivity contribution is 0.415. The predicted molar refractivity (Wildman–Crippen MR) is 93.9 cm³/mol. The molecule has 0 aliphatic rings. The zero-order chi connectivity index (χ0) is 16.2. The van der Waals surface area contributed by atoms with Gasteiger partial charge >= 0.3 is 0 Å². The third-order valence-corrected chi connectivity index (χ3v) is 3.67. The van der Waals surface area contributed by atoms with Crippen LogP contribution in [0.15, 0.2) is 36.4 Å². The number of anilines is 1. The number of aromatic amines is 1. The molecule has 2 aromatic heterocycles. The molecule has 23 heavy (non-hydrogen) atoms. The minimum Gasteiger partial charge on any atom is -0.497 e. The van der Waals surface area contributed by atoms with Crippen LogP contribution in [0.25, 0.3) is 17.1 Å². The maximum absolute atomic E-state index is 5.15. The fourth-order valence-corrected chi connectivity index (χ4v) is 2.57. The third-order valence-electron chi connectivity index (χ3n) is 3.67. The van der Waals surface area contributed by atoms with Gasteiger partial charge in [-0.15, -0.1) is 0 Å². The Morgan fingerprint density at radius 3 is 2.74 bits per heavy atom. The molecule has 0 saturated carbocycles. The summed E-state index contributed by atoms with van der Waals surface area (Å²) in [4.78, 5) is 4.46. The van der Waals surface area contributed by atoms with Crippen LogP contribution in [0, 0.1) is 13.8 Å². The first-order valence-electron chi connectivity index (χ1n) is 7.54. The maximum atomic E-state index is 5.15. The first kappa shape index (κ1) is 15.1. The summed E-state index contributed by atoms with van der Waals surface area (Å²) in [6.07, 6.45) is 4.13. The van der Waals surface area contributed by atoms with E-state index in [1.54, 1.807) is 7.11 Å². The van der Waals surface area contributed by atoms with E-state index in [1.807, 2.05) is 31.2 Å². The SMILES string of the molecule is COc1ccc(/C=C/CNc2n[nH]c3nc(C)cc(C)c23)cc1. The van der Waals surface area contributed by atoms with Crippen LogP contribution in [0.3, 0.4) is 0 Å². The van der Waals surface area contributed by atoms with Crippen LogP contribution in [-0.4, -0.2) is 28.8 Å². The van der Waals surface area contributed by atoms with Gasteiger partial charge in [-0.05, 0) is 43.2 Å². The molecular weight excluding hydrogens is 288 g/mol. The quantitative estimate of drug-likeness (QED) is 0.754. The Kier molecular flexibility index (Phi) is 4.28. The van der Waals surface area contributed by atoms with Crippen molar-refractivity contribution in [2.24, 2.45) is 0 Å². The molecule has 0 aliphatic heterocycles. The van der Waals surface area contributed by atoms with Gasteiger partial charge in [0.1, 0.15) is 5.75 Å². The Bertz CT molecular complexity index is 834. The summed E-state index contributed by atoms with van der Waals surface area (Å²) >= 11 is 0. The van der Waals surface area contributed by atoms with Crippen molar-refractivity contribution in [3.8, 4) is 5.75 Å². The Morgan fingerprint density at radius 2 is 2.00 bits per heavy atom. The van der Waals surface area contributed by atoms with E-state index in [-0.39, 0.29) is 0 Å². The largest absolute Gasteiger partial charge is 0.497 e. The standard InChI is InChI=1S/C18H20N4O/c1-12-11-13(2)20-18-16(12)17(21-22-18)19-10-4-5-14-6-8-15(23-3)9-7-14/h4-9,11H,10H2,1-3H3,(H2,19,20,21,22)/b5-4+. The van der Waals surface area contributed by atoms with Gasteiger partial charge in [0, 0.05) is 12.2 Å². The summed E-state index contributed by atoms with van der Waals surface area (Å²) < 4.78 is 5.15. The normalized spacial score (nSPS) is 11.3. The van der Waals surface area contributed by atoms with Crippen LogP contribution in [0.4, 0.5) is 5.82 Å². The number of H-pyrrole nitrogens is 1. The van der Waals surface area contributed by atoms with Crippen molar-refractivity contribution in [1.29, 1.82) is 0 Å². The molecule has 3 aromatic rings. The van der Waals surface area contributed by atoms with Crippen LogP contribution in [0.2, 0.25) is 0 Å². The monoisotopic (exact) mass is 308 g/mol. The maximum Gasteiger partial charge on any atom is 0.157 e. The first-order valence-corrected chi connectivity index (χ1v) is 7.54. The second-order valence-corrected chi connectivity index (χ2v) is 5.43. The molecule has 0 unspecified atom stereocenters. The van der Waals surface area contributed by atoms with E-state index in [0.29, 0.717) is 6.54 Å². The second-order valence-electron chi connectivity index (χ2n) is 5.43. The third kappa shape index (κ3) is 3.34. The van der Waals surface area contributed by atoms with E-state index in [0.717, 1.165) is 33.9 Å². The molecule has 5 heteroatoms. The van der Waals surface area contributed by atoms with Crippen molar-refractivity contribution in [3.05, 3.63) is 53.2 Å². The summed E-state index contributed by atoms with van der Waals surface area (Å²) in [5, 5.41) is 11.7. The molecule has 0 aliphatic carbocycles. The van der Waals surface area contributed by atoms with Crippen LogP contribution in [0.5, 0.6) is 5.75 Å². The highest BCUT2D eigenvalue weighted by Crippen LogP contribution is 2.23. The highest BCUT2D eigenvalue weighted by Gasteiger charge is 2.09. The van der Waals surface area contributed by atoms with Gasteiger partial charge in [0.25, 0.3) is 0 Å². The zero-order valence-corrected chi connectivity index (χ0v) is 13.6. The van der Waals surface area contributed by atoms with Gasteiger partial charge < -0.3 is 10.1 Å². The van der Waals surface area contributed by atoms with E-state index >= 15 is 0 Å². The topological polar surface area (TPSA) is 62.8 Å². The van der Waals surface area contributed by atoms with Crippen molar-refractivity contribution in [2.45, 2.75) is 13.8 Å². The number of nitrogens with one attached hydrogen (secondary N) is 2. The lowest BCUT2D eigenvalue weighted by Gasteiger charge is -2.03. The second kappa shape index (κ2) is 6.52. The minimum atomic E-state index is 0.694. The van der Waals surface area contributed by atoms with Gasteiger partial charge in [0.2, 0.25) is 0 Å². The first-order chi connectivity index (χ1) is 11.2. The molecule has 0 amide bonds. The fourth-order valence-electron chi connectivity index (χ4n) is 2.57. The van der Waals surface area contributed by atoms with Gasteiger partial charge in [-0.3, -0.25) is 5.10 Å². The summed E-state index contributed by atoms with van der Waals surface area (Å²) in [6, 6.07) is 10.0. The highest BCUT2D eigenvalue weighted by molar-refractivity contribution is 5.90. The molecule has 0 spiro atoms. The van der Waals surface area contributed by atoms with Crippen molar-refractivity contribution in [1.82, 2.24) is 15.2 Å². The Morgan fingerprint density at radius 1 is 1.22 bits per heavy atom. The molecule has 5 nitrogen and oxygen atoms in total. The van der Waals surface area contributed by atoms with Gasteiger partial charge in [0.15, 0.2) is 11.5 Å². The highest BCUT2D eigenvalue weighted by atomic mass is 16.5. The summed E-state index contributed by atoms with van der Waals surface area (Å²) in [5.41, 5.74) is 4.12. The number of aromatic nitrogens is 3. The molecule has 1 aromatic carbocycles. The number of rotatable bonds is 5. The van der Waals surface area contributed by atoms with Crippen LogP contribution in [-0.2, 0) is 0 Å². The Balaban J connectivity index is 1.67. The van der Waals surface area contributed by atoms with Gasteiger partial charge in [-0.2, -0.15) is 5.10 Å². The van der Waals surface area contributed by atoms with Crippen LogP contribution < -0.4 is 10.1 Å². The predicted octanol–water partition coefficient (Wildman–Crippen LogP) is 3.71. The van der Waals surface area contributed by atoms with Gasteiger partial charge in [0.05, 0.1) is 12.5 Å². The number of fused-ring (bicyclic) bond motifs is 1. The average molecular weight is 308 g/mol. The molecule has 118 valence electrons. The van der Waals surface area contributed by atoms with Gasteiger partial charge in [-0.25, -0.2) is 4.98 Å². The average Bonchev–Trinajstić information content (AvgIpc) is 2.95. The smallest absolute Gasteiger partial charge is 0.157 e. The molecule has 2 N–H and O–H groups in total. The molecule has 0 radical (unpaired) electrons. The number of nitrogens with zero attached hydrogens (tertiary/aromatic N) is 2. The molecule has 0 saturated heterocycles. The number of hydrogen-bond donors (Lipinski definition) is 2. The van der Waals surface area contributed by atoms with Gasteiger partial charge in [-0.1, -0.05) is 24.3 Å². The van der Waals surface area contributed by atoms with Crippen molar-refractivity contribution < 1.29 is 4.74 Å². The summed E-state index contributed by atoms with van der Waals surface area (Å²) in [5.74, 6) is 1.70. The molecule has 0 atom stereocenters. The summed E-state index contributed by atoms with van der Waals surface area (Å²) in [6.45, 7) is 4.75. The number of pyridine rings is 1. The van der Waals surface area contributed by atoms with Crippen LogP contribution in [0.1, 0.15) is 16.8 Å². The molecular formula is C18H20N4O. The van der Waals surface area contributed by atoms with Crippen LogP contribution >= 0.6 is 0 Å². The Hall–Kier alpha value is -2.82. The van der Waals surface area contributed by atoms with E-state index in [9.17, 15) is 0 Å². The lowest BCUT2D eigenvalue weighted by atomic mass is 10.2. The molecule has 2 heterocycles. The van der Waals surface area contributed by atoms with Crippen molar-refractivity contribution in [2.75, 3.05) is 19.0 Å². The summed E-state index contributed by atoms with van der Waals surface area (Å²) in [7, 11) is 1.67. The number of methoxy groups -OCH3 is 1. The molecule has 0 fully saturated rings. The Labute approximate surface area is 135 Å². The lowest BCUT2D eigenvalue weighted by Crippen LogP contribution is -1.99. The fraction of sp³-hybridized carbons (Fsp3) is 0.222. The van der Waals surface area contributed by atoms with E-state index in [1.165, 1.54) is 5.56 Å². The number of ether oxygens (including phenoxy) is 1. The van der Waals surface area contributed by atoms with E-state index < -0.39 is 0 Å². The molecule has 3 rings (SSSR count). The molecule has 0 bridgehead atoms. The number of aryl methyl sites for hydroxylation is 2.